The van der Waals surface area contributed by atoms with Crippen LogP contribution in [0, 0.1) is 0 Å². The first kappa shape index (κ1) is 18.7. The molecule has 28 heavy (non-hydrogen) atoms. The van der Waals surface area contributed by atoms with E-state index in [1.165, 1.54) is 0 Å². The number of carboxylic acids is 1. The first-order chi connectivity index (χ1) is 13.6. The van der Waals surface area contributed by atoms with Crippen LogP contribution in [0.4, 0.5) is 0 Å². The molecule has 1 saturated heterocycles. The highest BCUT2D eigenvalue weighted by Gasteiger charge is 2.39. The van der Waals surface area contributed by atoms with Crippen molar-refractivity contribution in [3.63, 3.8) is 0 Å². The van der Waals surface area contributed by atoms with Gasteiger partial charge in [0.25, 0.3) is 0 Å². The van der Waals surface area contributed by atoms with Gasteiger partial charge in [-0.3, -0.25) is 9.69 Å². The summed E-state index contributed by atoms with van der Waals surface area (Å²) in [7, 11) is 3.24. The minimum absolute atomic E-state index is 0.314. The van der Waals surface area contributed by atoms with Crippen LogP contribution in [0.1, 0.15) is 29.5 Å². The van der Waals surface area contributed by atoms with Gasteiger partial charge in [-0.15, -0.1) is 11.3 Å². The van der Waals surface area contributed by atoms with Gasteiger partial charge in [0.1, 0.15) is 22.5 Å². The molecule has 2 aromatic carbocycles. The molecule has 0 spiro atoms. The van der Waals surface area contributed by atoms with Crippen LogP contribution in [0.25, 0.3) is 10.2 Å². The van der Waals surface area contributed by atoms with Gasteiger partial charge < -0.3 is 14.6 Å². The van der Waals surface area contributed by atoms with Crippen molar-refractivity contribution >= 4 is 27.5 Å². The molecular weight excluding hydrogens is 376 g/mol. The number of benzene rings is 2. The van der Waals surface area contributed by atoms with E-state index < -0.39 is 12.0 Å². The first-order valence-corrected chi connectivity index (χ1v) is 10.00. The van der Waals surface area contributed by atoms with Crippen LogP contribution in [0.2, 0.25) is 0 Å². The predicted molar refractivity (Wildman–Crippen MR) is 108 cm³/mol. The second-order valence-electron chi connectivity index (χ2n) is 6.76. The van der Waals surface area contributed by atoms with Crippen molar-refractivity contribution in [2.45, 2.75) is 24.9 Å². The molecule has 1 aliphatic heterocycles. The maximum Gasteiger partial charge on any atom is 0.320 e. The fourth-order valence-electron chi connectivity index (χ4n) is 3.88. The Morgan fingerprint density at radius 3 is 2.79 bits per heavy atom. The van der Waals surface area contributed by atoms with Crippen LogP contribution in [0.15, 0.2) is 42.5 Å². The average molecular weight is 398 g/mol. The summed E-state index contributed by atoms with van der Waals surface area (Å²) < 4.78 is 12.1. The van der Waals surface area contributed by atoms with E-state index >= 15 is 0 Å². The van der Waals surface area contributed by atoms with E-state index in [0.29, 0.717) is 24.5 Å². The number of thiazole rings is 1. The van der Waals surface area contributed by atoms with E-state index in [4.69, 9.17) is 14.5 Å². The molecule has 2 atom stereocenters. The van der Waals surface area contributed by atoms with Crippen molar-refractivity contribution in [3.05, 3.63) is 53.0 Å². The van der Waals surface area contributed by atoms with Gasteiger partial charge in [0.05, 0.1) is 30.5 Å². The minimum Gasteiger partial charge on any atom is -0.497 e. The molecule has 6 nitrogen and oxygen atoms in total. The van der Waals surface area contributed by atoms with Gasteiger partial charge in [-0.25, -0.2) is 4.98 Å². The number of aromatic nitrogens is 1. The van der Waals surface area contributed by atoms with Gasteiger partial charge >= 0.3 is 5.97 Å². The highest BCUT2D eigenvalue weighted by molar-refractivity contribution is 7.18. The number of nitrogens with zero attached hydrogens (tertiary/aromatic N) is 2. The first-order valence-electron chi connectivity index (χ1n) is 9.18. The van der Waals surface area contributed by atoms with Crippen LogP contribution in [-0.2, 0) is 4.79 Å². The van der Waals surface area contributed by atoms with Gasteiger partial charge in [0.15, 0.2) is 0 Å². The maximum atomic E-state index is 11.9. The third-order valence-corrected chi connectivity index (χ3v) is 6.28. The zero-order chi connectivity index (χ0) is 19.7. The van der Waals surface area contributed by atoms with E-state index in [1.807, 2.05) is 47.4 Å². The Bertz CT molecular complexity index is 970. The molecule has 1 aliphatic rings. The van der Waals surface area contributed by atoms with E-state index in [9.17, 15) is 9.90 Å². The number of ether oxygens (including phenoxy) is 2. The Morgan fingerprint density at radius 2 is 2.07 bits per heavy atom. The van der Waals surface area contributed by atoms with E-state index in [0.717, 1.165) is 27.2 Å². The second-order valence-corrected chi connectivity index (χ2v) is 7.83. The Kier molecular flexibility index (Phi) is 5.19. The number of fused-ring (bicyclic) bond motifs is 1. The number of methoxy groups -OCH3 is 2. The number of carboxylic acid groups (broad SMARTS) is 1. The lowest BCUT2D eigenvalue weighted by Crippen LogP contribution is -2.39. The van der Waals surface area contributed by atoms with Gasteiger partial charge in [-0.05, 0) is 43.2 Å². The molecule has 3 aromatic rings. The van der Waals surface area contributed by atoms with E-state index in [1.54, 1.807) is 25.6 Å². The molecule has 0 radical (unpaired) electrons. The summed E-state index contributed by atoms with van der Waals surface area (Å²) in [6.07, 6.45) is 1.47. The molecule has 2 heterocycles. The number of aliphatic carboxylic acids is 1. The number of hydrogen-bond acceptors (Lipinski definition) is 6. The normalized spacial score (nSPS) is 18.3. The number of carbonyl (C=O) groups is 1. The molecule has 2 unspecified atom stereocenters. The van der Waals surface area contributed by atoms with Crippen LogP contribution in [-0.4, -0.2) is 47.8 Å². The number of rotatable bonds is 6. The highest BCUT2D eigenvalue weighted by Crippen LogP contribution is 2.42. The Hall–Kier alpha value is -2.64. The van der Waals surface area contributed by atoms with Crippen molar-refractivity contribution in [1.82, 2.24) is 9.88 Å². The van der Waals surface area contributed by atoms with Gasteiger partial charge in [-0.1, -0.05) is 12.1 Å². The fraction of sp³-hybridized carbons (Fsp3) is 0.333. The van der Waals surface area contributed by atoms with Crippen molar-refractivity contribution in [3.8, 4) is 11.5 Å². The summed E-state index contributed by atoms with van der Waals surface area (Å²) in [4.78, 5) is 18.8. The van der Waals surface area contributed by atoms with E-state index in [-0.39, 0.29) is 6.04 Å². The van der Waals surface area contributed by atoms with Gasteiger partial charge in [0.2, 0.25) is 0 Å². The van der Waals surface area contributed by atoms with Crippen molar-refractivity contribution < 1.29 is 19.4 Å². The standard InChI is InChI=1S/C21H22N2O4S/c1-26-13-9-10-17(27-2)14(12-13)19(23-11-5-7-16(23)21(24)25)20-22-15-6-3-4-8-18(15)28-20/h3-4,6,8-10,12,16,19H,5,7,11H2,1-2H3,(H,24,25). The zero-order valence-corrected chi connectivity index (χ0v) is 16.6. The molecule has 1 aromatic heterocycles. The second kappa shape index (κ2) is 7.77. The molecule has 146 valence electrons. The predicted octanol–water partition coefficient (Wildman–Crippen LogP) is 3.95. The topological polar surface area (TPSA) is 71.9 Å². The molecule has 1 N–H and O–H groups in total. The highest BCUT2D eigenvalue weighted by atomic mass is 32.1. The van der Waals surface area contributed by atoms with Gasteiger partial charge in [-0.2, -0.15) is 0 Å². The Morgan fingerprint density at radius 1 is 1.25 bits per heavy atom. The minimum atomic E-state index is -0.800. The zero-order valence-electron chi connectivity index (χ0n) is 15.8. The molecule has 0 amide bonds. The SMILES string of the molecule is COc1ccc(OC)c(C(c2nc3ccccc3s2)N2CCCC2C(=O)O)c1. The molecular formula is C21H22N2O4S. The van der Waals surface area contributed by atoms with Crippen LogP contribution >= 0.6 is 11.3 Å². The van der Waals surface area contributed by atoms with Gasteiger partial charge in [0, 0.05) is 12.1 Å². The average Bonchev–Trinajstić information content (AvgIpc) is 3.35. The Balaban J connectivity index is 1.90. The number of para-hydroxylation sites is 1. The third-order valence-electron chi connectivity index (χ3n) is 5.19. The number of likely N-dealkylation sites (tertiary alicyclic amines) is 1. The molecule has 0 bridgehead atoms. The maximum absolute atomic E-state index is 11.9. The van der Waals surface area contributed by atoms with Crippen LogP contribution < -0.4 is 9.47 Å². The molecule has 0 aliphatic carbocycles. The summed E-state index contributed by atoms with van der Waals surface area (Å²) in [6.45, 7) is 0.692. The van der Waals surface area contributed by atoms with Crippen LogP contribution in [0.5, 0.6) is 11.5 Å². The molecule has 7 heteroatoms. The quantitative estimate of drug-likeness (QED) is 0.678. The molecule has 0 saturated carbocycles. The Labute approximate surface area is 167 Å². The molecule has 1 fully saturated rings. The lowest BCUT2D eigenvalue weighted by molar-refractivity contribution is -0.142. The lowest BCUT2D eigenvalue weighted by Gasteiger charge is -2.31. The smallest absolute Gasteiger partial charge is 0.320 e. The summed E-state index contributed by atoms with van der Waals surface area (Å²) in [5.41, 5.74) is 1.79. The van der Waals surface area contributed by atoms with Crippen molar-refractivity contribution in [2.75, 3.05) is 20.8 Å². The lowest BCUT2D eigenvalue weighted by atomic mass is 10.0. The summed E-state index contributed by atoms with van der Waals surface area (Å²) in [5, 5.41) is 10.6. The third kappa shape index (κ3) is 3.31. The fourth-order valence-corrected chi connectivity index (χ4v) is 4.99. The van der Waals surface area contributed by atoms with Crippen molar-refractivity contribution in [2.24, 2.45) is 0 Å². The summed E-state index contributed by atoms with van der Waals surface area (Å²) in [5.74, 6) is 0.597. The number of hydrogen-bond donors (Lipinski definition) is 1. The van der Waals surface area contributed by atoms with E-state index in [2.05, 4.69) is 0 Å². The van der Waals surface area contributed by atoms with Crippen LogP contribution in [0.3, 0.4) is 0 Å². The molecule has 4 rings (SSSR count). The summed E-state index contributed by atoms with van der Waals surface area (Å²) >= 11 is 1.59. The summed E-state index contributed by atoms with van der Waals surface area (Å²) in [6, 6.07) is 12.7. The van der Waals surface area contributed by atoms with Crippen molar-refractivity contribution in [1.29, 1.82) is 0 Å². The monoisotopic (exact) mass is 398 g/mol. The largest absolute Gasteiger partial charge is 0.497 e.